The van der Waals surface area contributed by atoms with Crippen LogP contribution in [-0.4, -0.2) is 46.3 Å². The Morgan fingerprint density at radius 1 is 1.61 bits per heavy atom. The lowest BCUT2D eigenvalue weighted by Gasteiger charge is -2.33. The van der Waals surface area contributed by atoms with Crippen LogP contribution in [0.3, 0.4) is 0 Å². The quantitative estimate of drug-likeness (QED) is 0.726. The summed E-state index contributed by atoms with van der Waals surface area (Å²) in [5.74, 6) is -1.32. The standard InChI is InChI=1S/C12H16FNO4/c1-7-9(6-15)18-11(12(7,2)13)14-4-3-8(16)5-10(14)17/h3-4,7,9,11,15H,5-6H2,1-2H3/t7-,9-,11-,12-/m1/s1. The molecule has 2 heterocycles. The Hall–Kier alpha value is -1.27. The third-order valence-electron chi connectivity index (χ3n) is 3.70. The summed E-state index contributed by atoms with van der Waals surface area (Å²) in [6.45, 7) is 2.67. The van der Waals surface area contributed by atoms with Crippen LogP contribution in [0.5, 0.6) is 0 Å². The number of carbonyl (C=O) groups is 2. The van der Waals surface area contributed by atoms with Gasteiger partial charge in [0, 0.05) is 12.1 Å². The van der Waals surface area contributed by atoms with Crippen LogP contribution in [-0.2, 0) is 14.3 Å². The molecule has 1 N–H and O–H groups in total. The fourth-order valence-corrected chi connectivity index (χ4v) is 2.30. The van der Waals surface area contributed by atoms with Crippen LogP contribution in [0.1, 0.15) is 20.3 Å². The molecule has 1 fully saturated rings. The molecule has 4 atom stereocenters. The Labute approximate surface area is 104 Å². The van der Waals surface area contributed by atoms with Gasteiger partial charge in [0.1, 0.15) is 0 Å². The van der Waals surface area contributed by atoms with Crippen LogP contribution in [0.15, 0.2) is 12.3 Å². The van der Waals surface area contributed by atoms with Crippen LogP contribution in [0, 0.1) is 5.92 Å². The minimum atomic E-state index is -1.77. The Morgan fingerprint density at radius 3 is 2.78 bits per heavy atom. The number of rotatable bonds is 2. The molecule has 0 aromatic carbocycles. The molecule has 1 amide bonds. The first-order valence-corrected chi connectivity index (χ1v) is 5.85. The zero-order valence-corrected chi connectivity index (χ0v) is 10.3. The minimum Gasteiger partial charge on any atom is -0.394 e. The average molecular weight is 257 g/mol. The van der Waals surface area contributed by atoms with E-state index in [-0.39, 0.29) is 18.8 Å². The van der Waals surface area contributed by atoms with Gasteiger partial charge in [-0.25, -0.2) is 4.39 Å². The molecule has 0 aromatic rings. The van der Waals surface area contributed by atoms with E-state index >= 15 is 0 Å². The smallest absolute Gasteiger partial charge is 0.236 e. The zero-order chi connectivity index (χ0) is 13.5. The second kappa shape index (κ2) is 4.44. The first kappa shape index (κ1) is 13.2. The first-order valence-electron chi connectivity index (χ1n) is 5.85. The number of hydrogen-bond acceptors (Lipinski definition) is 4. The zero-order valence-electron chi connectivity index (χ0n) is 10.3. The van der Waals surface area contributed by atoms with Crippen LogP contribution in [0.25, 0.3) is 0 Å². The van der Waals surface area contributed by atoms with E-state index in [1.165, 1.54) is 19.2 Å². The summed E-state index contributed by atoms with van der Waals surface area (Å²) in [5, 5.41) is 9.13. The van der Waals surface area contributed by atoms with E-state index in [0.717, 1.165) is 4.90 Å². The molecule has 0 aromatic heterocycles. The van der Waals surface area contributed by atoms with Crippen LogP contribution in [0.2, 0.25) is 0 Å². The molecule has 0 spiro atoms. The molecule has 2 rings (SSSR count). The summed E-state index contributed by atoms with van der Waals surface area (Å²) >= 11 is 0. The third kappa shape index (κ3) is 1.95. The summed E-state index contributed by atoms with van der Waals surface area (Å²) in [5.41, 5.74) is -1.77. The van der Waals surface area contributed by atoms with Crippen LogP contribution < -0.4 is 0 Å². The number of amides is 1. The van der Waals surface area contributed by atoms with Crippen molar-refractivity contribution in [3.8, 4) is 0 Å². The fourth-order valence-electron chi connectivity index (χ4n) is 2.30. The number of allylic oxidation sites excluding steroid dienone is 1. The molecule has 100 valence electrons. The maximum absolute atomic E-state index is 14.6. The largest absolute Gasteiger partial charge is 0.394 e. The Bertz CT molecular complexity index is 407. The van der Waals surface area contributed by atoms with E-state index in [2.05, 4.69) is 0 Å². The highest BCUT2D eigenvalue weighted by Gasteiger charge is 2.55. The molecule has 0 aliphatic carbocycles. The molecule has 0 saturated carbocycles. The number of aliphatic hydroxyl groups is 1. The van der Waals surface area contributed by atoms with Gasteiger partial charge in [-0.1, -0.05) is 6.92 Å². The van der Waals surface area contributed by atoms with E-state index in [0.29, 0.717) is 0 Å². The number of carbonyl (C=O) groups excluding carboxylic acids is 2. The number of hydrogen-bond donors (Lipinski definition) is 1. The highest BCUT2D eigenvalue weighted by molar-refractivity contribution is 6.06. The maximum Gasteiger partial charge on any atom is 0.236 e. The molecule has 18 heavy (non-hydrogen) atoms. The Morgan fingerprint density at radius 2 is 2.28 bits per heavy atom. The molecular weight excluding hydrogens is 241 g/mol. The first-order chi connectivity index (χ1) is 8.37. The van der Waals surface area contributed by atoms with E-state index in [1.54, 1.807) is 6.92 Å². The molecule has 2 aliphatic heterocycles. The Balaban J connectivity index is 2.26. The van der Waals surface area contributed by atoms with Gasteiger partial charge in [-0.2, -0.15) is 0 Å². The Kier molecular flexibility index (Phi) is 3.25. The molecule has 1 saturated heterocycles. The number of ketones is 1. The topological polar surface area (TPSA) is 66.8 Å². The van der Waals surface area contributed by atoms with Gasteiger partial charge in [-0.3, -0.25) is 14.5 Å². The monoisotopic (exact) mass is 257 g/mol. The van der Waals surface area contributed by atoms with Crippen molar-refractivity contribution in [3.05, 3.63) is 12.3 Å². The predicted octanol–water partition coefficient (Wildman–Crippen LogP) is 0.383. The van der Waals surface area contributed by atoms with Gasteiger partial charge in [-0.15, -0.1) is 0 Å². The summed E-state index contributed by atoms with van der Waals surface area (Å²) in [7, 11) is 0. The molecular formula is C12H16FNO4. The van der Waals surface area contributed by atoms with Crippen molar-refractivity contribution in [1.29, 1.82) is 0 Å². The van der Waals surface area contributed by atoms with Gasteiger partial charge in [0.25, 0.3) is 0 Å². The van der Waals surface area contributed by atoms with E-state index in [9.17, 15) is 14.0 Å². The fraction of sp³-hybridized carbons (Fsp3) is 0.667. The van der Waals surface area contributed by atoms with E-state index in [4.69, 9.17) is 9.84 Å². The molecule has 0 radical (unpaired) electrons. The summed E-state index contributed by atoms with van der Waals surface area (Å²) < 4.78 is 20.0. The van der Waals surface area contributed by atoms with Gasteiger partial charge in [0.2, 0.25) is 5.91 Å². The highest BCUT2D eigenvalue weighted by Crippen LogP contribution is 2.41. The molecule has 5 nitrogen and oxygen atoms in total. The second-order valence-corrected chi connectivity index (χ2v) is 4.91. The van der Waals surface area contributed by atoms with Crippen molar-refractivity contribution < 1.29 is 23.8 Å². The minimum absolute atomic E-state index is 0.273. The lowest BCUT2D eigenvalue weighted by Crippen LogP contribution is -2.49. The van der Waals surface area contributed by atoms with Crippen LogP contribution >= 0.6 is 0 Å². The van der Waals surface area contributed by atoms with Crippen molar-refractivity contribution >= 4 is 11.7 Å². The van der Waals surface area contributed by atoms with Crippen molar-refractivity contribution in [1.82, 2.24) is 4.90 Å². The second-order valence-electron chi connectivity index (χ2n) is 4.91. The number of ether oxygens (including phenoxy) is 1. The number of nitrogens with zero attached hydrogens (tertiary/aromatic N) is 1. The predicted molar refractivity (Wildman–Crippen MR) is 60.0 cm³/mol. The van der Waals surface area contributed by atoms with Crippen molar-refractivity contribution in [3.63, 3.8) is 0 Å². The lowest BCUT2D eigenvalue weighted by molar-refractivity contribution is -0.150. The van der Waals surface area contributed by atoms with Gasteiger partial charge in [0.15, 0.2) is 17.7 Å². The summed E-state index contributed by atoms with van der Waals surface area (Å²) in [6.07, 6.45) is 0.469. The third-order valence-corrected chi connectivity index (χ3v) is 3.70. The maximum atomic E-state index is 14.6. The molecule has 6 heteroatoms. The van der Waals surface area contributed by atoms with Gasteiger partial charge < -0.3 is 9.84 Å². The van der Waals surface area contributed by atoms with Crippen molar-refractivity contribution in [2.45, 2.75) is 38.3 Å². The molecule has 0 bridgehead atoms. The molecule has 0 unspecified atom stereocenters. The summed E-state index contributed by atoms with van der Waals surface area (Å²) in [6, 6.07) is 0. The van der Waals surface area contributed by atoms with Gasteiger partial charge in [0.05, 0.1) is 19.1 Å². The summed E-state index contributed by atoms with van der Waals surface area (Å²) in [4.78, 5) is 23.9. The SMILES string of the molecule is C[C@@H]1[C@@H](CO)O[C@@H](N2C=CC(=O)CC2=O)[C@]1(C)F. The van der Waals surface area contributed by atoms with Crippen molar-refractivity contribution in [2.24, 2.45) is 5.92 Å². The normalized spacial score (nSPS) is 40.7. The highest BCUT2D eigenvalue weighted by atomic mass is 19.1. The van der Waals surface area contributed by atoms with E-state index < -0.39 is 29.8 Å². The average Bonchev–Trinajstić information content (AvgIpc) is 2.52. The number of alkyl halides is 1. The van der Waals surface area contributed by atoms with Gasteiger partial charge in [-0.05, 0) is 13.0 Å². The van der Waals surface area contributed by atoms with Crippen molar-refractivity contribution in [2.75, 3.05) is 6.61 Å². The van der Waals surface area contributed by atoms with Gasteiger partial charge >= 0.3 is 0 Å². The molecule has 2 aliphatic rings. The van der Waals surface area contributed by atoms with Crippen LogP contribution in [0.4, 0.5) is 4.39 Å². The van der Waals surface area contributed by atoms with E-state index in [1.807, 2.05) is 0 Å². The number of aliphatic hydroxyl groups excluding tert-OH is 1. The number of halogens is 1. The lowest BCUT2D eigenvalue weighted by atomic mass is 9.89.